The number of hydrogen-bond acceptors (Lipinski definition) is 4. The number of carboxylic acid groups (broad SMARTS) is 1. The molecule has 0 aliphatic carbocycles. The molecule has 1 saturated heterocycles. The van der Waals surface area contributed by atoms with Crippen LogP contribution in [0.1, 0.15) is 35.4 Å². The van der Waals surface area contributed by atoms with E-state index in [2.05, 4.69) is 5.16 Å². The second kappa shape index (κ2) is 4.57. The molecule has 1 aliphatic heterocycles. The number of nitrogens with zero attached hydrogens (tertiary/aromatic N) is 2. The second-order valence-electron chi connectivity index (χ2n) is 4.19. The van der Waals surface area contributed by atoms with Crippen molar-refractivity contribution in [2.24, 2.45) is 0 Å². The van der Waals surface area contributed by atoms with Crippen molar-refractivity contribution in [3.05, 3.63) is 17.5 Å². The molecule has 1 unspecified atom stereocenters. The summed E-state index contributed by atoms with van der Waals surface area (Å²) in [6, 6.07) is -0.214. The van der Waals surface area contributed by atoms with Crippen molar-refractivity contribution in [2.45, 2.75) is 32.2 Å². The van der Waals surface area contributed by atoms with E-state index in [1.807, 2.05) is 0 Å². The lowest BCUT2D eigenvalue weighted by atomic mass is 10.1. The Morgan fingerprint density at radius 2 is 2.41 bits per heavy atom. The Morgan fingerprint density at radius 1 is 1.65 bits per heavy atom. The van der Waals surface area contributed by atoms with Gasteiger partial charge in [0.05, 0.1) is 12.6 Å². The number of aryl methyl sites for hydroxylation is 1. The summed E-state index contributed by atoms with van der Waals surface area (Å²) in [5.41, 5.74) is 0.419. The molecule has 0 bridgehead atoms. The van der Waals surface area contributed by atoms with Crippen molar-refractivity contribution >= 4 is 11.9 Å². The molecule has 17 heavy (non-hydrogen) atoms. The highest BCUT2D eigenvalue weighted by molar-refractivity contribution is 5.95. The Labute approximate surface area is 98.2 Å². The first-order valence-electron chi connectivity index (χ1n) is 5.53. The topological polar surface area (TPSA) is 83.6 Å². The van der Waals surface area contributed by atoms with E-state index in [4.69, 9.17) is 9.63 Å². The molecule has 1 atom stereocenters. The van der Waals surface area contributed by atoms with Gasteiger partial charge in [-0.2, -0.15) is 0 Å². The van der Waals surface area contributed by atoms with Gasteiger partial charge in [-0.1, -0.05) is 5.16 Å². The van der Waals surface area contributed by atoms with Crippen LogP contribution in [0, 0.1) is 6.92 Å². The molecule has 0 aromatic carbocycles. The number of carbonyl (C=O) groups excluding carboxylic acids is 1. The summed E-state index contributed by atoms with van der Waals surface area (Å²) in [6.45, 7) is 2.27. The molecule has 1 fully saturated rings. The molecule has 92 valence electrons. The van der Waals surface area contributed by atoms with Gasteiger partial charge in [0, 0.05) is 12.6 Å². The van der Waals surface area contributed by atoms with Gasteiger partial charge < -0.3 is 14.5 Å². The monoisotopic (exact) mass is 238 g/mol. The quantitative estimate of drug-likeness (QED) is 0.851. The Balaban J connectivity index is 2.14. The van der Waals surface area contributed by atoms with Gasteiger partial charge in [0.15, 0.2) is 0 Å². The van der Waals surface area contributed by atoms with E-state index in [1.54, 1.807) is 11.8 Å². The van der Waals surface area contributed by atoms with Crippen LogP contribution < -0.4 is 0 Å². The van der Waals surface area contributed by atoms with Crippen molar-refractivity contribution in [3.63, 3.8) is 0 Å². The third-order valence-corrected chi connectivity index (χ3v) is 3.03. The van der Waals surface area contributed by atoms with Crippen LogP contribution in [0.3, 0.4) is 0 Å². The summed E-state index contributed by atoms with van der Waals surface area (Å²) < 4.78 is 4.85. The molecule has 0 saturated carbocycles. The van der Waals surface area contributed by atoms with E-state index in [-0.39, 0.29) is 18.4 Å². The molecule has 1 aromatic heterocycles. The summed E-state index contributed by atoms with van der Waals surface area (Å²) in [6.07, 6.45) is 2.96. The van der Waals surface area contributed by atoms with Crippen LogP contribution in [0.15, 0.2) is 10.7 Å². The first-order chi connectivity index (χ1) is 8.09. The highest BCUT2D eigenvalue weighted by Gasteiger charge is 2.32. The fourth-order valence-corrected chi connectivity index (χ4v) is 2.18. The molecule has 2 rings (SSSR count). The van der Waals surface area contributed by atoms with Crippen LogP contribution in [0.2, 0.25) is 0 Å². The summed E-state index contributed by atoms with van der Waals surface area (Å²) in [7, 11) is 0. The fourth-order valence-electron chi connectivity index (χ4n) is 2.18. The van der Waals surface area contributed by atoms with E-state index in [0.29, 0.717) is 17.9 Å². The average Bonchev–Trinajstić information content (AvgIpc) is 2.85. The summed E-state index contributed by atoms with van der Waals surface area (Å²) in [5.74, 6) is -0.597. The molecule has 0 radical (unpaired) electrons. The lowest BCUT2D eigenvalue weighted by Gasteiger charge is -2.22. The number of hydrogen-bond donors (Lipinski definition) is 1. The van der Waals surface area contributed by atoms with Crippen LogP contribution in [-0.2, 0) is 4.79 Å². The standard InChI is InChI=1S/C11H14N2O4/c1-7-9(6-12-17-7)11(16)13-4-2-3-8(13)5-10(14)15/h6,8H,2-5H2,1H3,(H,14,15). The third-order valence-electron chi connectivity index (χ3n) is 3.03. The Morgan fingerprint density at radius 3 is 3.00 bits per heavy atom. The highest BCUT2D eigenvalue weighted by atomic mass is 16.5. The largest absolute Gasteiger partial charge is 0.481 e. The maximum Gasteiger partial charge on any atom is 0.305 e. The van der Waals surface area contributed by atoms with Gasteiger partial charge in [0.25, 0.3) is 5.91 Å². The molecular weight excluding hydrogens is 224 g/mol. The summed E-state index contributed by atoms with van der Waals surface area (Å²) >= 11 is 0. The predicted molar refractivity (Wildman–Crippen MR) is 57.6 cm³/mol. The SMILES string of the molecule is Cc1oncc1C(=O)N1CCCC1CC(=O)O. The van der Waals surface area contributed by atoms with Crippen molar-refractivity contribution in [2.75, 3.05) is 6.54 Å². The minimum absolute atomic E-state index is 0.00390. The summed E-state index contributed by atoms with van der Waals surface area (Å²) in [5, 5.41) is 12.4. The van der Waals surface area contributed by atoms with E-state index < -0.39 is 5.97 Å². The van der Waals surface area contributed by atoms with E-state index in [9.17, 15) is 9.59 Å². The fraction of sp³-hybridized carbons (Fsp3) is 0.545. The predicted octanol–water partition coefficient (Wildman–Crippen LogP) is 1.06. The first kappa shape index (κ1) is 11.6. The molecule has 1 aromatic rings. The zero-order chi connectivity index (χ0) is 12.4. The van der Waals surface area contributed by atoms with E-state index >= 15 is 0 Å². The number of amides is 1. The number of aliphatic carboxylic acids is 1. The average molecular weight is 238 g/mol. The molecule has 6 heteroatoms. The van der Waals surface area contributed by atoms with Gasteiger partial charge >= 0.3 is 5.97 Å². The normalized spacial score (nSPS) is 19.6. The molecule has 1 N–H and O–H groups in total. The number of rotatable bonds is 3. The summed E-state index contributed by atoms with van der Waals surface area (Å²) in [4.78, 5) is 24.5. The first-order valence-corrected chi connectivity index (χ1v) is 5.53. The maximum atomic E-state index is 12.2. The van der Waals surface area contributed by atoms with Crippen LogP contribution >= 0.6 is 0 Å². The Bertz CT molecular complexity index is 440. The smallest absolute Gasteiger partial charge is 0.305 e. The van der Waals surface area contributed by atoms with Gasteiger partial charge in [0.1, 0.15) is 11.3 Å². The highest BCUT2D eigenvalue weighted by Crippen LogP contribution is 2.23. The second-order valence-corrected chi connectivity index (χ2v) is 4.19. The zero-order valence-electron chi connectivity index (χ0n) is 9.55. The molecule has 1 amide bonds. The number of carboxylic acids is 1. The van der Waals surface area contributed by atoms with Gasteiger partial charge in [0.2, 0.25) is 0 Å². The van der Waals surface area contributed by atoms with Crippen LogP contribution in [0.25, 0.3) is 0 Å². The van der Waals surface area contributed by atoms with Gasteiger partial charge in [-0.15, -0.1) is 0 Å². The van der Waals surface area contributed by atoms with Crippen molar-refractivity contribution in [3.8, 4) is 0 Å². The molecule has 0 spiro atoms. The van der Waals surface area contributed by atoms with E-state index in [0.717, 1.165) is 12.8 Å². The lowest BCUT2D eigenvalue weighted by molar-refractivity contribution is -0.137. The number of aromatic nitrogens is 1. The molecular formula is C11H14N2O4. The van der Waals surface area contributed by atoms with E-state index in [1.165, 1.54) is 6.20 Å². The van der Waals surface area contributed by atoms with Gasteiger partial charge in [-0.3, -0.25) is 9.59 Å². The van der Waals surface area contributed by atoms with Gasteiger partial charge in [-0.25, -0.2) is 0 Å². The van der Waals surface area contributed by atoms with Crippen molar-refractivity contribution in [1.82, 2.24) is 10.1 Å². The van der Waals surface area contributed by atoms with Crippen molar-refractivity contribution in [1.29, 1.82) is 0 Å². The molecule has 6 nitrogen and oxygen atoms in total. The van der Waals surface area contributed by atoms with Crippen molar-refractivity contribution < 1.29 is 19.2 Å². The number of likely N-dealkylation sites (tertiary alicyclic amines) is 1. The molecule has 2 heterocycles. The van der Waals surface area contributed by atoms with Gasteiger partial charge in [-0.05, 0) is 19.8 Å². The zero-order valence-corrected chi connectivity index (χ0v) is 9.55. The Kier molecular flexibility index (Phi) is 3.12. The minimum Gasteiger partial charge on any atom is -0.481 e. The maximum absolute atomic E-state index is 12.2. The molecule has 1 aliphatic rings. The minimum atomic E-state index is -0.878. The Hall–Kier alpha value is -1.85. The van der Waals surface area contributed by atoms with Crippen LogP contribution in [-0.4, -0.2) is 39.6 Å². The lowest BCUT2D eigenvalue weighted by Crippen LogP contribution is -2.36. The van der Waals surface area contributed by atoms with Crippen LogP contribution in [0.5, 0.6) is 0 Å². The number of carbonyl (C=O) groups is 2. The van der Waals surface area contributed by atoms with Crippen LogP contribution in [0.4, 0.5) is 0 Å². The third kappa shape index (κ3) is 2.30.